The lowest BCUT2D eigenvalue weighted by Crippen LogP contribution is -2.26. The van der Waals surface area contributed by atoms with Crippen LogP contribution in [0.2, 0.25) is 0 Å². The summed E-state index contributed by atoms with van der Waals surface area (Å²) in [6, 6.07) is 9.98. The van der Waals surface area contributed by atoms with Crippen LogP contribution >= 0.6 is 0 Å². The Balaban J connectivity index is 2.47. The van der Waals surface area contributed by atoms with Crippen LogP contribution < -0.4 is 0 Å². The van der Waals surface area contributed by atoms with E-state index >= 15 is 0 Å². The van der Waals surface area contributed by atoms with Gasteiger partial charge in [0.25, 0.3) is 0 Å². The lowest BCUT2D eigenvalue weighted by Gasteiger charge is -2.18. The van der Waals surface area contributed by atoms with Crippen molar-refractivity contribution >= 4 is 27.8 Å². The van der Waals surface area contributed by atoms with Crippen molar-refractivity contribution in [2.45, 2.75) is 32.4 Å². The van der Waals surface area contributed by atoms with Gasteiger partial charge in [-0.15, -0.1) is 0 Å². The molecule has 19 heavy (non-hydrogen) atoms. The second kappa shape index (κ2) is 5.31. The Hall–Kier alpha value is -1.39. The van der Waals surface area contributed by atoms with Gasteiger partial charge in [-0.3, -0.25) is 4.98 Å². The fraction of sp³-hybridized carbons (Fsp3) is 0.333. The van der Waals surface area contributed by atoms with Crippen molar-refractivity contribution in [3.63, 3.8) is 0 Å². The summed E-state index contributed by atoms with van der Waals surface area (Å²) >= 11 is -1.26. The zero-order chi connectivity index (χ0) is 14.0. The summed E-state index contributed by atoms with van der Waals surface area (Å²) < 4.78 is 16.0. The fourth-order valence-corrected chi connectivity index (χ4v) is 2.32. The highest BCUT2D eigenvalue weighted by atomic mass is 32.2. The van der Waals surface area contributed by atoms with Gasteiger partial charge in [0, 0.05) is 11.6 Å². The number of hydrogen-bond donors (Lipinski definition) is 0. The molecule has 0 N–H and O–H groups in total. The van der Waals surface area contributed by atoms with E-state index in [-0.39, 0.29) is 4.75 Å². The van der Waals surface area contributed by atoms with Gasteiger partial charge in [0.15, 0.2) is 0 Å². The molecular weight excluding hydrogens is 256 g/mol. The van der Waals surface area contributed by atoms with Crippen molar-refractivity contribution < 1.29 is 4.55 Å². The van der Waals surface area contributed by atoms with E-state index in [0.717, 1.165) is 16.5 Å². The van der Waals surface area contributed by atoms with Crippen LogP contribution in [0.3, 0.4) is 0 Å². The molecule has 0 fully saturated rings. The third-order valence-corrected chi connectivity index (χ3v) is 4.25. The first kappa shape index (κ1) is 14.0. The normalized spacial score (nSPS) is 14.7. The second-order valence-electron chi connectivity index (χ2n) is 5.42. The smallest absolute Gasteiger partial charge is 0.144 e. The van der Waals surface area contributed by atoms with E-state index in [9.17, 15) is 4.55 Å². The van der Waals surface area contributed by atoms with Crippen molar-refractivity contribution in [3.05, 3.63) is 42.2 Å². The molecule has 1 aromatic heterocycles. The van der Waals surface area contributed by atoms with E-state index < -0.39 is 11.4 Å². The quantitative estimate of drug-likeness (QED) is 0.621. The van der Waals surface area contributed by atoms with Gasteiger partial charge < -0.3 is 4.55 Å². The van der Waals surface area contributed by atoms with Crippen LogP contribution in [0.4, 0.5) is 0 Å². The summed E-state index contributed by atoms with van der Waals surface area (Å²) in [5.41, 5.74) is 1.51. The molecule has 0 aliphatic carbocycles. The molecule has 0 saturated heterocycles. The topological polar surface area (TPSA) is 48.3 Å². The van der Waals surface area contributed by atoms with Gasteiger partial charge in [0.1, 0.15) is 21.8 Å². The number of fused-ring (bicyclic) bond motifs is 1. The Bertz CT molecular complexity index is 612. The Kier molecular flexibility index (Phi) is 3.92. The van der Waals surface area contributed by atoms with Gasteiger partial charge in [-0.2, -0.15) is 0 Å². The van der Waals surface area contributed by atoms with E-state index in [0.29, 0.717) is 5.71 Å². The largest absolute Gasteiger partial charge is 0.591 e. The molecule has 1 heterocycles. The molecule has 100 valence electrons. The predicted molar refractivity (Wildman–Crippen MR) is 81.8 cm³/mol. The number of benzene rings is 1. The Morgan fingerprint density at radius 1 is 1.21 bits per heavy atom. The summed E-state index contributed by atoms with van der Waals surface area (Å²) in [6.45, 7) is 7.60. The van der Waals surface area contributed by atoms with E-state index in [1.807, 2.05) is 58.0 Å². The summed E-state index contributed by atoms with van der Waals surface area (Å²) in [6.07, 6.45) is 1.76. The minimum atomic E-state index is -1.26. The van der Waals surface area contributed by atoms with E-state index in [1.54, 1.807) is 6.20 Å². The summed E-state index contributed by atoms with van der Waals surface area (Å²) in [4.78, 5) is 4.38. The average Bonchev–Trinajstić information content (AvgIpc) is 2.36. The van der Waals surface area contributed by atoms with Crippen LogP contribution in [-0.4, -0.2) is 20.0 Å². The molecule has 1 atom stereocenters. The lowest BCUT2D eigenvalue weighted by atomic mass is 10.1. The second-order valence-corrected chi connectivity index (χ2v) is 7.32. The van der Waals surface area contributed by atoms with Gasteiger partial charge in [-0.1, -0.05) is 28.7 Å². The zero-order valence-electron chi connectivity index (χ0n) is 11.7. The Labute approximate surface area is 117 Å². The van der Waals surface area contributed by atoms with Gasteiger partial charge in [0.2, 0.25) is 0 Å². The average molecular weight is 274 g/mol. The molecule has 4 heteroatoms. The molecular formula is C15H18N2OS. The maximum Gasteiger partial charge on any atom is 0.144 e. The number of rotatable bonds is 2. The molecule has 0 radical (unpaired) electrons. The Morgan fingerprint density at radius 3 is 2.58 bits per heavy atom. The predicted octanol–water partition coefficient (Wildman–Crippen LogP) is 3.51. The lowest BCUT2D eigenvalue weighted by molar-refractivity contribution is 0.561. The highest BCUT2D eigenvalue weighted by Gasteiger charge is 2.27. The zero-order valence-corrected chi connectivity index (χ0v) is 12.5. The van der Waals surface area contributed by atoms with Crippen LogP contribution in [0.1, 0.15) is 33.4 Å². The summed E-state index contributed by atoms with van der Waals surface area (Å²) in [5.74, 6) is 0. The number of pyridine rings is 1. The van der Waals surface area contributed by atoms with Crippen molar-refractivity contribution in [3.8, 4) is 0 Å². The first-order valence-corrected chi connectivity index (χ1v) is 7.31. The van der Waals surface area contributed by atoms with Crippen LogP contribution in [0.25, 0.3) is 10.8 Å². The van der Waals surface area contributed by atoms with Gasteiger partial charge in [-0.05, 0) is 39.1 Å². The maximum absolute atomic E-state index is 12.1. The van der Waals surface area contributed by atoms with Crippen LogP contribution in [-0.2, 0) is 11.4 Å². The monoisotopic (exact) mass is 274 g/mol. The van der Waals surface area contributed by atoms with Crippen LogP contribution in [0, 0.1) is 0 Å². The molecule has 0 bridgehead atoms. The molecule has 1 unspecified atom stereocenters. The molecule has 0 amide bonds. The SMILES string of the molecule is C/C(=N\[S+]([O-])C(C)(C)C)c1nccc2ccccc12. The van der Waals surface area contributed by atoms with Crippen molar-refractivity contribution in [2.24, 2.45) is 4.40 Å². The summed E-state index contributed by atoms with van der Waals surface area (Å²) in [5, 5.41) is 2.15. The molecule has 3 nitrogen and oxygen atoms in total. The standard InChI is InChI=1S/C15H18N2OS/c1-11(17-19(18)15(2,3)4)14-13-8-6-5-7-12(13)9-10-16-14/h5-10H,1-4H3/b17-11+. The van der Waals surface area contributed by atoms with Crippen molar-refractivity contribution in [1.29, 1.82) is 0 Å². The van der Waals surface area contributed by atoms with E-state index in [4.69, 9.17) is 0 Å². The fourth-order valence-electron chi connectivity index (χ4n) is 1.71. The number of nitrogens with zero attached hydrogens (tertiary/aromatic N) is 2. The van der Waals surface area contributed by atoms with Gasteiger partial charge in [-0.25, -0.2) is 0 Å². The van der Waals surface area contributed by atoms with Crippen LogP contribution in [0.15, 0.2) is 40.9 Å². The molecule has 2 aromatic rings. The van der Waals surface area contributed by atoms with Crippen LogP contribution in [0.5, 0.6) is 0 Å². The molecule has 0 aliphatic heterocycles. The van der Waals surface area contributed by atoms with Gasteiger partial charge >= 0.3 is 0 Å². The minimum absolute atomic E-state index is 0.355. The van der Waals surface area contributed by atoms with Gasteiger partial charge in [0.05, 0.1) is 5.69 Å². The number of hydrogen-bond acceptors (Lipinski definition) is 3. The van der Waals surface area contributed by atoms with E-state index in [2.05, 4.69) is 9.38 Å². The first-order valence-electron chi connectivity index (χ1n) is 6.21. The first-order chi connectivity index (χ1) is 8.89. The molecule has 1 aromatic carbocycles. The van der Waals surface area contributed by atoms with Crippen molar-refractivity contribution in [2.75, 3.05) is 0 Å². The van der Waals surface area contributed by atoms with Crippen molar-refractivity contribution in [1.82, 2.24) is 4.98 Å². The minimum Gasteiger partial charge on any atom is -0.591 e. The maximum atomic E-state index is 12.1. The summed E-state index contributed by atoms with van der Waals surface area (Å²) in [7, 11) is 0. The highest BCUT2D eigenvalue weighted by Crippen LogP contribution is 2.21. The molecule has 0 aliphatic rings. The van der Waals surface area contributed by atoms with E-state index in [1.165, 1.54) is 0 Å². The molecule has 0 saturated carbocycles. The third-order valence-electron chi connectivity index (χ3n) is 2.76. The number of aromatic nitrogens is 1. The third kappa shape index (κ3) is 3.14. The highest BCUT2D eigenvalue weighted by molar-refractivity contribution is 7.91. The molecule has 2 rings (SSSR count). The Morgan fingerprint density at radius 2 is 1.89 bits per heavy atom. The molecule has 0 spiro atoms.